The van der Waals surface area contributed by atoms with E-state index >= 15 is 0 Å². The third-order valence-corrected chi connectivity index (χ3v) is 5.20. The van der Waals surface area contributed by atoms with Crippen LogP contribution in [0.2, 0.25) is 0 Å². The van der Waals surface area contributed by atoms with Crippen molar-refractivity contribution >= 4 is 27.9 Å². The lowest BCUT2D eigenvalue weighted by molar-refractivity contribution is -0.153. The van der Waals surface area contributed by atoms with Gasteiger partial charge in [-0.3, -0.25) is 9.59 Å². The third kappa shape index (κ3) is 1.02. The first-order chi connectivity index (χ1) is 7.15. The molecule has 0 aromatic carbocycles. The van der Waals surface area contributed by atoms with Gasteiger partial charge in [0.2, 0.25) is 0 Å². The fourth-order valence-electron chi connectivity index (χ4n) is 3.43. The second kappa shape index (κ2) is 2.97. The molecule has 2 aliphatic carbocycles. The second-order valence-electron chi connectivity index (χ2n) is 4.48. The highest BCUT2D eigenvalue weighted by molar-refractivity contribution is 9.09. The summed E-state index contributed by atoms with van der Waals surface area (Å²) in [5, 5.41) is 0. The highest BCUT2D eigenvalue weighted by Crippen LogP contribution is 2.60. The summed E-state index contributed by atoms with van der Waals surface area (Å²) >= 11 is 3.53. The van der Waals surface area contributed by atoms with Crippen LogP contribution in [0.25, 0.3) is 0 Å². The molecule has 15 heavy (non-hydrogen) atoms. The SMILES string of the molecule is COC(=O)[C@@H]1[C@H]2C[C@H]3[C@H](OC(=O)[C@H]31)[C@H]2Br. The van der Waals surface area contributed by atoms with Gasteiger partial charge in [-0.15, -0.1) is 0 Å². The molecule has 0 N–H and O–H groups in total. The van der Waals surface area contributed by atoms with Gasteiger partial charge in [-0.25, -0.2) is 0 Å². The topological polar surface area (TPSA) is 52.6 Å². The number of fused-ring (bicyclic) bond motifs is 1. The summed E-state index contributed by atoms with van der Waals surface area (Å²) in [6.07, 6.45) is 0.880. The molecule has 0 aromatic heterocycles. The monoisotopic (exact) mass is 274 g/mol. The van der Waals surface area contributed by atoms with Crippen LogP contribution in [-0.2, 0) is 19.1 Å². The Kier molecular flexibility index (Phi) is 1.90. The molecule has 82 valence electrons. The molecule has 3 rings (SSSR count). The van der Waals surface area contributed by atoms with Gasteiger partial charge in [0.05, 0.1) is 23.8 Å². The van der Waals surface area contributed by atoms with E-state index in [9.17, 15) is 9.59 Å². The van der Waals surface area contributed by atoms with Crippen molar-refractivity contribution < 1.29 is 19.1 Å². The van der Waals surface area contributed by atoms with Crippen LogP contribution >= 0.6 is 15.9 Å². The number of hydrogen-bond acceptors (Lipinski definition) is 4. The minimum Gasteiger partial charge on any atom is -0.469 e. The maximum Gasteiger partial charge on any atom is 0.310 e. The Hall–Kier alpha value is -0.580. The van der Waals surface area contributed by atoms with Crippen molar-refractivity contribution in [1.29, 1.82) is 0 Å². The number of methoxy groups -OCH3 is 1. The molecule has 0 amide bonds. The molecule has 2 bridgehead atoms. The van der Waals surface area contributed by atoms with E-state index in [1.165, 1.54) is 7.11 Å². The third-order valence-electron chi connectivity index (χ3n) is 4.00. The van der Waals surface area contributed by atoms with Crippen molar-refractivity contribution in [1.82, 2.24) is 0 Å². The summed E-state index contributed by atoms with van der Waals surface area (Å²) < 4.78 is 10.0. The maximum absolute atomic E-state index is 11.6. The van der Waals surface area contributed by atoms with Crippen LogP contribution in [-0.4, -0.2) is 30.0 Å². The van der Waals surface area contributed by atoms with Gasteiger partial charge in [0.15, 0.2) is 0 Å². The summed E-state index contributed by atoms with van der Waals surface area (Å²) in [6, 6.07) is 0. The number of ether oxygens (including phenoxy) is 2. The average molecular weight is 275 g/mol. The molecule has 2 saturated carbocycles. The lowest BCUT2D eigenvalue weighted by Gasteiger charge is -2.26. The average Bonchev–Trinajstić information content (AvgIpc) is 2.80. The fourth-order valence-corrected chi connectivity index (χ4v) is 4.48. The second-order valence-corrected chi connectivity index (χ2v) is 5.54. The Morgan fingerprint density at radius 3 is 2.93 bits per heavy atom. The number of rotatable bonds is 1. The molecule has 0 aromatic rings. The molecular formula is C10H11BrO4. The van der Waals surface area contributed by atoms with Gasteiger partial charge in [-0.05, 0) is 12.3 Å². The van der Waals surface area contributed by atoms with E-state index in [0.29, 0.717) is 0 Å². The largest absolute Gasteiger partial charge is 0.469 e. The highest BCUT2D eigenvalue weighted by atomic mass is 79.9. The van der Waals surface area contributed by atoms with E-state index in [0.717, 1.165) is 6.42 Å². The van der Waals surface area contributed by atoms with Crippen molar-refractivity contribution in [2.45, 2.75) is 17.4 Å². The van der Waals surface area contributed by atoms with Gasteiger partial charge in [-0.2, -0.15) is 0 Å². The summed E-state index contributed by atoms with van der Waals surface area (Å²) in [6.45, 7) is 0. The van der Waals surface area contributed by atoms with E-state index in [2.05, 4.69) is 15.9 Å². The molecule has 0 unspecified atom stereocenters. The smallest absolute Gasteiger partial charge is 0.310 e. The lowest BCUT2D eigenvalue weighted by Crippen LogP contribution is -2.38. The summed E-state index contributed by atoms with van der Waals surface area (Å²) in [4.78, 5) is 23.4. The quantitative estimate of drug-likeness (QED) is 0.523. The lowest BCUT2D eigenvalue weighted by atomic mass is 9.80. The van der Waals surface area contributed by atoms with Crippen LogP contribution in [0.15, 0.2) is 0 Å². The Bertz CT molecular complexity index is 342. The van der Waals surface area contributed by atoms with Gasteiger partial charge >= 0.3 is 11.9 Å². The zero-order valence-corrected chi connectivity index (χ0v) is 9.77. The van der Waals surface area contributed by atoms with Gasteiger partial charge in [0.25, 0.3) is 0 Å². The molecule has 3 aliphatic rings. The first-order valence-corrected chi connectivity index (χ1v) is 5.99. The van der Waals surface area contributed by atoms with Gasteiger partial charge in [-0.1, -0.05) is 15.9 Å². The molecule has 0 radical (unpaired) electrons. The fraction of sp³-hybridized carbons (Fsp3) is 0.800. The van der Waals surface area contributed by atoms with Gasteiger partial charge < -0.3 is 9.47 Å². The van der Waals surface area contributed by atoms with Crippen LogP contribution in [0.1, 0.15) is 6.42 Å². The number of hydrogen-bond donors (Lipinski definition) is 0. The number of carbonyl (C=O) groups excluding carboxylic acids is 2. The van der Waals surface area contributed by atoms with Crippen molar-refractivity contribution in [3.8, 4) is 0 Å². The summed E-state index contributed by atoms with van der Waals surface area (Å²) in [5.41, 5.74) is 0. The van der Waals surface area contributed by atoms with Crippen LogP contribution in [0.5, 0.6) is 0 Å². The molecule has 0 spiro atoms. The van der Waals surface area contributed by atoms with Gasteiger partial charge in [0.1, 0.15) is 6.10 Å². The first kappa shape index (κ1) is 9.63. The Morgan fingerprint density at radius 2 is 2.27 bits per heavy atom. The molecule has 1 aliphatic heterocycles. The van der Waals surface area contributed by atoms with Crippen molar-refractivity contribution in [3.05, 3.63) is 0 Å². The summed E-state index contributed by atoms with van der Waals surface area (Å²) in [5.74, 6) is -0.615. The molecule has 6 atom stereocenters. The van der Waals surface area contributed by atoms with Crippen LogP contribution in [0.4, 0.5) is 0 Å². The maximum atomic E-state index is 11.6. The molecule has 1 heterocycles. The zero-order chi connectivity index (χ0) is 10.7. The zero-order valence-electron chi connectivity index (χ0n) is 8.18. The number of carbonyl (C=O) groups is 2. The van der Waals surface area contributed by atoms with E-state index in [1.807, 2.05) is 0 Å². The Balaban J connectivity index is 1.98. The number of halogens is 1. The normalized spacial score (nSPS) is 50.7. The standard InChI is InChI=1S/C10H11BrO4/c1-14-9(12)5-3-2-4-6(5)10(13)15-8(4)7(3)11/h3-8H,2H2,1H3/t3-,4-,5-,6-,7+,8+/m1/s1. The molecule has 3 fully saturated rings. The first-order valence-electron chi connectivity index (χ1n) is 5.07. The van der Waals surface area contributed by atoms with Crippen LogP contribution in [0.3, 0.4) is 0 Å². The van der Waals surface area contributed by atoms with E-state index in [4.69, 9.17) is 9.47 Å². The molecule has 4 nitrogen and oxygen atoms in total. The van der Waals surface area contributed by atoms with Crippen molar-refractivity contribution in [3.63, 3.8) is 0 Å². The molecule has 1 saturated heterocycles. The van der Waals surface area contributed by atoms with E-state index in [-0.39, 0.29) is 46.5 Å². The molecule has 5 heteroatoms. The highest BCUT2D eigenvalue weighted by Gasteiger charge is 2.68. The van der Waals surface area contributed by atoms with Crippen LogP contribution in [0, 0.1) is 23.7 Å². The Morgan fingerprint density at radius 1 is 1.53 bits per heavy atom. The molecular weight excluding hydrogens is 264 g/mol. The van der Waals surface area contributed by atoms with E-state index in [1.54, 1.807) is 0 Å². The Labute approximate surface area is 95.4 Å². The minimum absolute atomic E-state index is 0.0200. The van der Waals surface area contributed by atoms with Crippen molar-refractivity contribution in [2.24, 2.45) is 23.7 Å². The number of esters is 2. The predicted octanol–water partition coefficient (Wildman–Crippen LogP) is 0.730. The van der Waals surface area contributed by atoms with Gasteiger partial charge in [0, 0.05) is 5.92 Å². The van der Waals surface area contributed by atoms with E-state index < -0.39 is 0 Å². The summed E-state index contributed by atoms with van der Waals surface area (Å²) in [7, 11) is 1.37. The van der Waals surface area contributed by atoms with Crippen molar-refractivity contribution in [2.75, 3.05) is 7.11 Å². The van der Waals surface area contributed by atoms with Crippen LogP contribution < -0.4 is 0 Å². The predicted molar refractivity (Wildman–Crippen MR) is 53.2 cm³/mol. The number of alkyl halides is 1. The minimum atomic E-state index is -0.296.